The maximum Gasteiger partial charge on any atom is 0.241 e. The first-order chi connectivity index (χ1) is 8.47. The van der Waals surface area contributed by atoms with Crippen LogP contribution in [0.1, 0.15) is 32.6 Å². The minimum absolute atomic E-state index is 1.15. The molecule has 0 amide bonds. The molecule has 19 heavy (non-hydrogen) atoms. The number of hydrogen-bond acceptors (Lipinski definition) is 4. The van der Waals surface area contributed by atoms with Crippen molar-refractivity contribution in [3.05, 3.63) is 4.13 Å². The van der Waals surface area contributed by atoms with Gasteiger partial charge >= 0.3 is 0 Å². The zero-order chi connectivity index (χ0) is 15.2. The van der Waals surface area contributed by atoms with E-state index in [9.17, 15) is 24.6 Å². The second-order valence-electron chi connectivity index (χ2n) is 4.75. The summed E-state index contributed by atoms with van der Waals surface area (Å²) in [7, 11) is -8.83. The van der Waals surface area contributed by atoms with Gasteiger partial charge in [-0.1, -0.05) is 13.3 Å². The molecule has 0 aromatic heterocycles. The van der Waals surface area contributed by atoms with Gasteiger partial charge in [0.05, 0.1) is 26.7 Å². The lowest BCUT2D eigenvalue weighted by Crippen LogP contribution is -2.41. The molecule has 1 aliphatic rings. The number of quaternary nitrogens is 1. The SMILES string of the molecule is CCCC[N+]1(C)CCCC1.O=S(=O)(F)[N-]S(=O)(=O)F. The lowest BCUT2D eigenvalue weighted by atomic mass is 10.3. The lowest BCUT2D eigenvalue weighted by molar-refractivity contribution is -0.897. The first-order valence-corrected chi connectivity index (χ1v) is 8.62. The molecule has 1 saturated heterocycles. The number of unbranched alkanes of at least 4 members (excludes halogenated alkanes) is 1. The topological polar surface area (TPSA) is 82.4 Å². The summed E-state index contributed by atoms with van der Waals surface area (Å²) in [5, 5.41) is 0. The van der Waals surface area contributed by atoms with E-state index in [0.717, 1.165) is 4.13 Å². The first-order valence-electron chi connectivity index (χ1n) is 5.94. The predicted molar refractivity (Wildman–Crippen MR) is 68.3 cm³/mol. The molecular weight excluding hydrogens is 302 g/mol. The Bertz CT molecular complexity index is 429. The Labute approximate surface area is 114 Å². The van der Waals surface area contributed by atoms with Crippen LogP contribution in [-0.2, 0) is 20.8 Å². The second-order valence-corrected chi connectivity index (χ2v) is 6.99. The summed E-state index contributed by atoms with van der Waals surface area (Å²) in [5.74, 6) is 0. The molecule has 0 aromatic rings. The first kappa shape index (κ1) is 18.7. The number of halogens is 2. The standard InChI is InChI=1S/C9H20N.F2NO4S2/c1-3-4-7-10(2)8-5-6-9-10;1-8(4,5)3-9(2,6)7/h3-9H2,1-2H3;/q+1;-1. The van der Waals surface area contributed by atoms with Crippen molar-refractivity contribution in [2.75, 3.05) is 26.7 Å². The molecule has 0 aliphatic carbocycles. The summed E-state index contributed by atoms with van der Waals surface area (Å²) in [6.07, 6.45) is 5.69. The van der Waals surface area contributed by atoms with Crippen molar-refractivity contribution in [2.24, 2.45) is 0 Å². The Morgan fingerprint density at radius 2 is 1.47 bits per heavy atom. The summed E-state index contributed by atoms with van der Waals surface area (Å²) < 4.78 is 61.4. The van der Waals surface area contributed by atoms with Crippen LogP contribution in [-0.4, -0.2) is 48.0 Å². The maximum absolute atomic E-state index is 11.1. The predicted octanol–water partition coefficient (Wildman–Crippen LogP) is 1.82. The Balaban J connectivity index is 0.000000344. The zero-order valence-corrected chi connectivity index (χ0v) is 12.7. The van der Waals surface area contributed by atoms with Crippen LogP contribution < -0.4 is 0 Å². The van der Waals surface area contributed by atoms with Crippen molar-refractivity contribution in [1.82, 2.24) is 0 Å². The molecule has 116 valence electrons. The monoisotopic (exact) mass is 322 g/mol. The van der Waals surface area contributed by atoms with Crippen LogP contribution in [0.5, 0.6) is 0 Å². The summed E-state index contributed by atoms with van der Waals surface area (Å²) in [5.41, 5.74) is 0. The van der Waals surface area contributed by atoms with Crippen LogP contribution in [0, 0.1) is 0 Å². The van der Waals surface area contributed by atoms with Gasteiger partial charge in [-0.15, -0.1) is 7.77 Å². The van der Waals surface area contributed by atoms with E-state index in [2.05, 4.69) is 14.0 Å². The van der Waals surface area contributed by atoms with Gasteiger partial charge in [-0.2, -0.15) is 0 Å². The maximum atomic E-state index is 11.1. The van der Waals surface area contributed by atoms with Gasteiger partial charge in [0, 0.05) is 12.8 Å². The fourth-order valence-electron chi connectivity index (χ4n) is 1.97. The number of rotatable bonds is 5. The fraction of sp³-hybridized carbons (Fsp3) is 1.00. The van der Waals surface area contributed by atoms with Gasteiger partial charge in [-0.25, -0.2) is 16.8 Å². The van der Waals surface area contributed by atoms with E-state index in [-0.39, 0.29) is 0 Å². The van der Waals surface area contributed by atoms with Gasteiger partial charge in [0.2, 0.25) is 20.8 Å². The molecule has 0 radical (unpaired) electrons. The molecule has 1 aliphatic heterocycles. The summed E-state index contributed by atoms with van der Waals surface area (Å²) in [6, 6.07) is 0. The third-order valence-electron chi connectivity index (χ3n) is 2.88. The van der Waals surface area contributed by atoms with E-state index in [0.29, 0.717) is 0 Å². The van der Waals surface area contributed by atoms with E-state index in [1.165, 1.54) is 49.8 Å². The second kappa shape index (κ2) is 7.46. The Morgan fingerprint density at radius 3 is 1.74 bits per heavy atom. The zero-order valence-electron chi connectivity index (χ0n) is 11.0. The number of nitrogens with zero attached hydrogens (tertiary/aromatic N) is 2. The van der Waals surface area contributed by atoms with Crippen molar-refractivity contribution in [3.8, 4) is 0 Å². The largest absolute Gasteiger partial charge is 0.379 e. The number of likely N-dealkylation sites (tertiary alicyclic amines) is 1. The Hall–Kier alpha value is -0.320. The Kier molecular flexibility index (Phi) is 7.33. The highest BCUT2D eigenvalue weighted by atomic mass is 32.3. The molecule has 0 spiro atoms. The van der Waals surface area contributed by atoms with Crippen molar-refractivity contribution < 1.29 is 29.1 Å². The van der Waals surface area contributed by atoms with Gasteiger partial charge < -0.3 is 8.61 Å². The minimum Gasteiger partial charge on any atom is -0.379 e. The van der Waals surface area contributed by atoms with Crippen LogP contribution in [0.3, 0.4) is 0 Å². The summed E-state index contributed by atoms with van der Waals surface area (Å²) >= 11 is 0. The highest BCUT2D eigenvalue weighted by molar-refractivity contribution is 8.07. The number of hydrogen-bond donors (Lipinski definition) is 0. The van der Waals surface area contributed by atoms with Crippen LogP contribution in [0.2, 0.25) is 0 Å². The van der Waals surface area contributed by atoms with E-state index in [1.807, 2.05) is 0 Å². The fourth-order valence-corrected chi connectivity index (χ4v) is 2.82. The normalized spacial score (nSPS) is 18.7. The minimum atomic E-state index is -5.62. The molecule has 6 nitrogen and oxygen atoms in total. The van der Waals surface area contributed by atoms with Gasteiger partial charge in [0.25, 0.3) is 0 Å². The highest BCUT2D eigenvalue weighted by Gasteiger charge is 2.25. The summed E-state index contributed by atoms with van der Waals surface area (Å²) in [4.78, 5) is 0. The third-order valence-corrected chi connectivity index (χ3v) is 4.30. The molecule has 0 atom stereocenters. The van der Waals surface area contributed by atoms with Gasteiger partial charge in [-0.05, 0) is 6.42 Å². The Morgan fingerprint density at radius 1 is 1.05 bits per heavy atom. The summed E-state index contributed by atoms with van der Waals surface area (Å²) in [6.45, 7) is 6.55. The molecule has 10 heteroatoms. The van der Waals surface area contributed by atoms with E-state index in [1.54, 1.807) is 0 Å². The molecule has 1 heterocycles. The quantitative estimate of drug-likeness (QED) is 0.571. The van der Waals surface area contributed by atoms with Gasteiger partial charge in [0.1, 0.15) is 0 Å². The molecule has 0 N–H and O–H groups in total. The molecule has 1 rings (SSSR count). The molecule has 0 aromatic carbocycles. The van der Waals surface area contributed by atoms with Crippen LogP contribution >= 0.6 is 0 Å². The van der Waals surface area contributed by atoms with Crippen LogP contribution in [0.15, 0.2) is 0 Å². The molecule has 0 unspecified atom stereocenters. The third kappa shape index (κ3) is 11.2. The van der Waals surface area contributed by atoms with Crippen molar-refractivity contribution in [1.29, 1.82) is 0 Å². The van der Waals surface area contributed by atoms with Crippen molar-refractivity contribution in [3.63, 3.8) is 0 Å². The molecule has 0 saturated carbocycles. The van der Waals surface area contributed by atoms with Crippen molar-refractivity contribution >= 4 is 20.8 Å². The van der Waals surface area contributed by atoms with E-state index < -0.39 is 20.8 Å². The van der Waals surface area contributed by atoms with Crippen LogP contribution in [0.25, 0.3) is 4.13 Å². The average Bonchev–Trinajstić information content (AvgIpc) is 2.58. The van der Waals surface area contributed by atoms with Gasteiger partial charge in [0.15, 0.2) is 0 Å². The van der Waals surface area contributed by atoms with E-state index >= 15 is 0 Å². The smallest absolute Gasteiger partial charge is 0.241 e. The molecule has 0 bridgehead atoms. The average molecular weight is 322 g/mol. The van der Waals surface area contributed by atoms with Gasteiger partial charge in [-0.3, -0.25) is 0 Å². The highest BCUT2D eigenvalue weighted by Crippen LogP contribution is 2.16. The van der Waals surface area contributed by atoms with Crippen LogP contribution in [0.4, 0.5) is 7.77 Å². The lowest BCUT2D eigenvalue weighted by Gasteiger charge is -2.28. The van der Waals surface area contributed by atoms with E-state index in [4.69, 9.17) is 0 Å². The molecular formula is C9H20F2N2O4S2. The molecule has 1 fully saturated rings. The van der Waals surface area contributed by atoms with Crippen molar-refractivity contribution in [2.45, 2.75) is 32.6 Å².